The van der Waals surface area contributed by atoms with Gasteiger partial charge in [-0.2, -0.15) is 0 Å². The second-order valence-electron chi connectivity index (χ2n) is 4.49. The van der Waals surface area contributed by atoms with E-state index in [9.17, 15) is 0 Å². The molecule has 0 saturated carbocycles. The molecule has 0 aliphatic carbocycles. The molecule has 0 bridgehead atoms. The first-order valence-corrected chi connectivity index (χ1v) is 6.28. The highest BCUT2D eigenvalue weighted by Gasteiger charge is 2.08. The summed E-state index contributed by atoms with van der Waals surface area (Å²) in [6, 6.07) is 4.06. The van der Waals surface area contributed by atoms with Gasteiger partial charge >= 0.3 is 0 Å². The highest BCUT2D eigenvalue weighted by molar-refractivity contribution is 5.60. The van der Waals surface area contributed by atoms with Crippen molar-refractivity contribution in [2.45, 2.75) is 26.7 Å². The van der Waals surface area contributed by atoms with Crippen LogP contribution >= 0.6 is 0 Å². The van der Waals surface area contributed by atoms with Crippen molar-refractivity contribution < 1.29 is 0 Å². The van der Waals surface area contributed by atoms with Crippen LogP contribution in [0.2, 0.25) is 0 Å². The summed E-state index contributed by atoms with van der Waals surface area (Å²) in [5.74, 6) is 1.50. The number of rotatable bonds is 6. The molecule has 0 spiro atoms. The van der Waals surface area contributed by atoms with Gasteiger partial charge in [0.15, 0.2) is 0 Å². The molecule has 96 valence electrons. The van der Waals surface area contributed by atoms with E-state index in [4.69, 9.17) is 5.73 Å². The zero-order chi connectivity index (χ0) is 12.8. The van der Waals surface area contributed by atoms with Crippen LogP contribution in [0.5, 0.6) is 0 Å². The van der Waals surface area contributed by atoms with Crippen LogP contribution in [0.4, 0.5) is 17.3 Å². The molecule has 0 amide bonds. The minimum absolute atomic E-state index is 0.586. The average molecular weight is 236 g/mol. The van der Waals surface area contributed by atoms with E-state index in [0.29, 0.717) is 5.82 Å². The van der Waals surface area contributed by atoms with E-state index in [0.717, 1.165) is 31.7 Å². The van der Waals surface area contributed by atoms with Crippen molar-refractivity contribution in [2.24, 2.45) is 0 Å². The van der Waals surface area contributed by atoms with Gasteiger partial charge in [-0.3, -0.25) is 0 Å². The lowest BCUT2D eigenvalue weighted by molar-refractivity contribution is 0.744. The SMILES string of the molecule is CCCN(CCC)c1cc(N)nc(N(C)C)c1. The molecule has 0 radical (unpaired) electrons. The summed E-state index contributed by atoms with van der Waals surface area (Å²) >= 11 is 0. The molecule has 0 fully saturated rings. The van der Waals surface area contributed by atoms with Crippen LogP contribution in [0.25, 0.3) is 0 Å². The normalized spacial score (nSPS) is 10.4. The molecule has 17 heavy (non-hydrogen) atoms. The Labute approximate surface area is 104 Å². The molecular formula is C13H24N4. The number of hydrogen-bond donors (Lipinski definition) is 1. The number of nitrogens with zero attached hydrogens (tertiary/aromatic N) is 3. The fraction of sp³-hybridized carbons (Fsp3) is 0.615. The first kappa shape index (κ1) is 13.6. The van der Waals surface area contributed by atoms with Gasteiger partial charge in [0.1, 0.15) is 11.6 Å². The first-order valence-electron chi connectivity index (χ1n) is 6.28. The Bertz CT molecular complexity index is 343. The van der Waals surface area contributed by atoms with E-state index < -0.39 is 0 Å². The van der Waals surface area contributed by atoms with Crippen molar-refractivity contribution in [3.05, 3.63) is 12.1 Å². The molecule has 1 aromatic rings. The number of pyridine rings is 1. The monoisotopic (exact) mass is 236 g/mol. The number of nitrogens with two attached hydrogens (primary N) is 1. The van der Waals surface area contributed by atoms with Crippen molar-refractivity contribution in [3.8, 4) is 0 Å². The number of nitrogen functional groups attached to an aromatic ring is 1. The van der Waals surface area contributed by atoms with Crippen molar-refractivity contribution in [1.82, 2.24) is 4.98 Å². The zero-order valence-electron chi connectivity index (χ0n) is 11.4. The Balaban J connectivity index is 3.00. The Hall–Kier alpha value is -1.45. The van der Waals surface area contributed by atoms with Crippen LogP contribution in [-0.4, -0.2) is 32.2 Å². The fourth-order valence-electron chi connectivity index (χ4n) is 1.84. The van der Waals surface area contributed by atoms with Crippen molar-refractivity contribution in [1.29, 1.82) is 0 Å². The Morgan fingerprint density at radius 3 is 2.18 bits per heavy atom. The Kier molecular flexibility index (Phi) is 5.07. The predicted molar refractivity (Wildman–Crippen MR) is 75.8 cm³/mol. The summed E-state index contributed by atoms with van der Waals surface area (Å²) in [6.45, 7) is 6.51. The maximum Gasteiger partial charge on any atom is 0.132 e. The molecule has 2 N–H and O–H groups in total. The van der Waals surface area contributed by atoms with Gasteiger partial charge in [0.05, 0.1) is 0 Å². The Morgan fingerprint density at radius 2 is 1.71 bits per heavy atom. The quantitative estimate of drug-likeness (QED) is 0.823. The minimum atomic E-state index is 0.586. The van der Waals surface area contributed by atoms with E-state index in [-0.39, 0.29) is 0 Å². The maximum absolute atomic E-state index is 5.86. The molecule has 0 aromatic carbocycles. The molecule has 0 unspecified atom stereocenters. The number of anilines is 3. The average Bonchev–Trinajstić information content (AvgIpc) is 2.28. The second kappa shape index (κ2) is 6.33. The molecule has 0 aliphatic rings. The van der Waals surface area contributed by atoms with Gasteiger partial charge in [0.25, 0.3) is 0 Å². The van der Waals surface area contributed by atoms with Gasteiger partial charge in [-0.05, 0) is 12.8 Å². The largest absolute Gasteiger partial charge is 0.384 e. The van der Waals surface area contributed by atoms with Crippen LogP contribution in [0.15, 0.2) is 12.1 Å². The maximum atomic E-state index is 5.86. The van der Waals surface area contributed by atoms with E-state index in [1.807, 2.05) is 25.1 Å². The van der Waals surface area contributed by atoms with E-state index >= 15 is 0 Å². The van der Waals surface area contributed by atoms with Crippen LogP contribution in [0.1, 0.15) is 26.7 Å². The number of aromatic nitrogens is 1. The second-order valence-corrected chi connectivity index (χ2v) is 4.49. The van der Waals surface area contributed by atoms with Gasteiger partial charge in [0.2, 0.25) is 0 Å². The van der Waals surface area contributed by atoms with Crippen molar-refractivity contribution in [3.63, 3.8) is 0 Å². The number of hydrogen-bond acceptors (Lipinski definition) is 4. The molecule has 0 saturated heterocycles. The standard InChI is InChI=1S/C13H24N4/c1-5-7-17(8-6-2)11-9-12(14)15-13(10-11)16(3)4/h9-10H,5-8H2,1-4H3,(H2,14,15). The third kappa shape index (κ3) is 3.80. The molecule has 4 heteroatoms. The smallest absolute Gasteiger partial charge is 0.132 e. The summed E-state index contributed by atoms with van der Waals surface area (Å²) in [5.41, 5.74) is 7.03. The van der Waals surface area contributed by atoms with Crippen LogP contribution in [0, 0.1) is 0 Å². The van der Waals surface area contributed by atoms with Crippen LogP contribution in [0.3, 0.4) is 0 Å². The van der Waals surface area contributed by atoms with Gasteiger partial charge in [0, 0.05) is 45.0 Å². The fourth-order valence-corrected chi connectivity index (χ4v) is 1.84. The molecular weight excluding hydrogens is 212 g/mol. The molecule has 4 nitrogen and oxygen atoms in total. The van der Waals surface area contributed by atoms with Gasteiger partial charge < -0.3 is 15.5 Å². The van der Waals surface area contributed by atoms with Crippen molar-refractivity contribution in [2.75, 3.05) is 42.7 Å². The van der Waals surface area contributed by atoms with Gasteiger partial charge in [-0.25, -0.2) is 4.98 Å². The third-order valence-corrected chi connectivity index (χ3v) is 2.63. The summed E-state index contributed by atoms with van der Waals surface area (Å²) in [5, 5.41) is 0. The van der Waals surface area contributed by atoms with Gasteiger partial charge in [-0.15, -0.1) is 0 Å². The van der Waals surface area contributed by atoms with E-state index in [1.54, 1.807) is 0 Å². The highest BCUT2D eigenvalue weighted by atomic mass is 15.2. The summed E-state index contributed by atoms with van der Waals surface area (Å²) in [6.07, 6.45) is 2.28. The molecule has 0 aliphatic heterocycles. The molecule has 0 atom stereocenters. The Morgan fingerprint density at radius 1 is 1.12 bits per heavy atom. The zero-order valence-corrected chi connectivity index (χ0v) is 11.4. The molecule has 1 heterocycles. The predicted octanol–water partition coefficient (Wildman–Crippen LogP) is 2.36. The lowest BCUT2D eigenvalue weighted by atomic mass is 10.2. The lowest BCUT2D eigenvalue weighted by Crippen LogP contribution is -2.25. The molecule has 1 rings (SSSR count). The summed E-state index contributed by atoms with van der Waals surface area (Å²) < 4.78 is 0. The van der Waals surface area contributed by atoms with Gasteiger partial charge in [-0.1, -0.05) is 13.8 Å². The summed E-state index contributed by atoms with van der Waals surface area (Å²) in [4.78, 5) is 8.66. The van der Waals surface area contributed by atoms with E-state index in [1.165, 1.54) is 5.69 Å². The van der Waals surface area contributed by atoms with Crippen molar-refractivity contribution >= 4 is 17.3 Å². The topological polar surface area (TPSA) is 45.4 Å². The minimum Gasteiger partial charge on any atom is -0.384 e. The molecule has 1 aromatic heterocycles. The van der Waals surface area contributed by atoms with Crippen LogP contribution < -0.4 is 15.5 Å². The first-order chi connectivity index (χ1) is 8.08. The summed E-state index contributed by atoms with van der Waals surface area (Å²) in [7, 11) is 3.96. The van der Waals surface area contributed by atoms with Crippen LogP contribution in [-0.2, 0) is 0 Å². The van der Waals surface area contributed by atoms with E-state index in [2.05, 4.69) is 29.8 Å². The third-order valence-electron chi connectivity index (χ3n) is 2.63. The lowest BCUT2D eigenvalue weighted by Gasteiger charge is -2.25. The highest BCUT2D eigenvalue weighted by Crippen LogP contribution is 2.22.